The Hall–Kier alpha value is -4.41. The highest BCUT2D eigenvalue weighted by atomic mass is 35.5. The summed E-state index contributed by atoms with van der Waals surface area (Å²) in [6, 6.07) is 17.8. The van der Waals surface area contributed by atoms with E-state index in [-0.39, 0.29) is 22.6 Å². The normalized spacial score (nSPS) is 20.3. The SMILES string of the molecule is NC(=O)C1C(c2ccc(Cl)cc2)C(C(=O)c2cccs2)C(c2cccc([N+](=O)[O-])c2)N1C(=O)c1cccc(F)c1. The minimum Gasteiger partial charge on any atom is -0.368 e. The van der Waals surface area contributed by atoms with Crippen LogP contribution in [-0.2, 0) is 4.79 Å². The zero-order valence-corrected chi connectivity index (χ0v) is 22.2. The topological polar surface area (TPSA) is 124 Å². The number of halogens is 2. The summed E-state index contributed by atoms with van der Waals surface area (Å²) in [6.45, 7) is 0. The molecule has 5 rings (SSSR count). The maximum absolute atomic E-state index is 14.2. The van der Waals surface area contributed by atoms with Crippen molar-refractivity contribution in [2.24, 2.45) is 11.7 Å². The molecule has 1 fully saturated rings. The molecule has 11 heteroatoms. The zero-order valence-electron chi connectivity index (χ0n) is 20.6. The van der Waals surface area contributed by atoms with Crippen LogP contribution in [0.4, 0.5) is 10.1 Å². The quantitative estimate of drug-likeness (QED) is 0.169. The van der Waals surface area contributed by atoms with E-state index in [1.54, 1.807) is 47.8 Å². The van der Waals surface area contributed by atoms with E-state index in [9.17, 15) is 28.9 Å². The first-order valence-corrected chi connectivity index (χ1v) is 13.4. The lowest BCUT2D eigenvalue weighted by atomic mass is 9.77. The van der Waals surface area contributed by atoms with Crippen molar-refractivity contribution < 1.29 is 23.7 Å². The molecule has 0 radical (unpaired) electrons. The number of benzene rings is 3. The minimum atomic E-state index is -1.35. The van der Waals surface area contributed by atoms with Crippen LogP contribution in [0.5, 0.6) is 0 Å². The van der Waals surface area contributed by atoms with Crippen molar-refractivity contribution in [2.45, 2.75) is 18.0 Å². The van der Waals surface area contributed by atoms with Gasteiger partial charge in [0.2, 0.25) is 5.91 Å². The number of rotatable bonds is 7. The number of ketones is 1. The molecule has 1 aliphatic rings. The number of hydrogen-bond donors (Lipinski definition) is 1. The lowest BCUT2D eigenvalue weighted by molar-refractivity contribution is -0.385. The number of nitro benzene ring substituents is 1. The molecule has 0 saturated carbocycles. The molecule has 40 heavy (non-hydrogen) atoms. The molecule has 3 aromatic carbocycles. The van der Waals surface area contributed by atoms with Crippen LogP contribution in [-0.4, -0.2) is 33.5 Å². The second-order valence-electron chi connectivity index (χ2n) is 9.31. The molecule has 4 unspecified atom stereocenters. The van der Waals surface area contributed by atoms with Crippen molar-refractivity contribution in [3.63, 3.8) is 0 Å². The summed E-state index contributed by atoms with van der Waals surface area (Å²) >= 11 is 7.31. The van der Waals surface area contributed by atoms with Crippen LogP contribution in [0.1, 0.15) is 43.1 Å². The summed E-state index contributed by atoms with van der Waals surface area (Å²) in [7, 11) is 0. The highest BCUT2D eigenvalue weighted by molar-refractivity contribution is 7.12. The summed E-state index contributed by atoms with van der Waals surface area (Å²) in [5, 5.41) is 13.8. The van der Waals surface area contributed by atoms with Crippen LogP contribution in [0.15, 0.2) is 90.3 Å². The molecule has 0 bridgehead atoms. The van der Waals surface area contributed by atoms with Crippen molar-refractivity contribution in [3.8, 4) is 0 Å². The van der Waals surface area contributed by atoms with Gasteiger partial charge >= 0.3 is 0 Å². The average Bonchev–Trinajstić information content (AvgIpc) is 3.60. The molecule has 8 nitrogen and oxygen atoms in total. The molecule has 2 N–H and O–H groups in total. The van der Waals surface area contributed by atoms with Gasteiger partial charge in [-0.3, -0.25) is 24.5 Å². The number of primary amides is 1. The lowest BCUT2D eigenvalue weighted by Crippen LogP contribution is -2.46. The number of likely N-dealkylation sites (tertiary alicyclic amines) is 1. The number of nitrogens with zero attached hydrogens (tertiary/aromatic N) is 2. The molecule has 1 aromatic heterocycles. The smallest absolute Gasteiger partial charge is 0.269 e. The molecule has 202 valence electrons. The Bertz CT molecular complexity index is 1610. The van der Waals surface area contributed by atoms with E-state index in [0.717, 1.165) is 6.07 Å². The number of carbonyl (C=O) groups excluding carboxylic acids is 3. The highest BCUT2D eigenvalue weighted by Crippen LogP contribution is 2.52. The second-order valence-corrected chi connectivity index (χ2v) is 10.7. The largest absolute Gasteiger partial charge is 0.368 e. The molecule has 4 atom stereocenters. The van der Waals surface area contributed by atoms with Crippen LogP contribution in [0.2, 0.25) is 5.02 Å². The van der Waals surface area contributed by atoms with Crippen molar-refractivity contribution in [1.29, 1.82) is 0 Å². The fourth-order valence-electron chi connectivity index (χ4n) is 5.40. The van der Waals surface area contributed by atoms with Crippen LogP contribution >= 0.6 is 22.9 Å². The second kappa shape index (κ2) is 11.0. The van der Waals surface area contributed by atoms with Gasteiger partial charge in [-0.05, 0) is 52.9 Å². The molecular formula is C29H21ClFN3O5S. The summed E-state index contributed by atoms with van der Waals surface area (Å²) in [4.78, 5) is 54.1. The van der Waals surface area contributed by atoms with Crippen molar-refractivity contribution in [1.82, 2.24) is 4.90 Å². The van der Waals surface area contributed by atoms with E-state index >= 15 is 0 Å². The van der Waals surface area contributed by atoms with Gasteiger partial charge in [0.15, 0.2) is 5.78 Å². The molecule has 2 amide bonds. The third kappa shape index (κ3) is 4.99. The maximum atomic E-state index is 14.2. The van der Waals surface area contributed by atoms with Gasteiger partial charge in [0, 0.05) is 28.6 Å². The van der Waals surface area contributed by atoms with E-state index in [2.05, 4.69) is 0 Å². The number of amides is 2. The molecular weight excluding hydrogens is 557 g/mol. The van der Waals surface area contributed by atoms with E-state index in [1.165, 1.54) is 52.6 Å². The molecule has 0 aliphatic carbocycles. The van der Waals surface area contributed by atoms with Gasteiger partial charge in [0.05, 0.1) is 21.8 Å². The average molecular weight is 578 g/mol. The first kappa shape index (κ1) is 27.2. The van der Waals surface area contributed by atoms with Crippen LogP contribution in [0.3, 0.4) is 0 Å². The Balaban J connectivity index is 1.80. The third-order valence-electron chi connectivity index (χ3n) is 7.01. The zero-order chi connectivity index (χ0) is 28.6. The van der Waals surface area contributed by atoms with Crippen LogP contribution in [0, 0.1) is 21.8 Å². The summed E-state index contributed by atoms with van der Waals surface area (Å²) < 4.78 is 14.2. The van der Waals surface area contributed by atoms with Gasteiger partial charge in [-0.2, -0.15) is 0 Å². The predicted octanol–water partition coefficient (Wildman–Crippen LogP) is 5.78. The summed E-state index contributed by atoms with van der Waals surface area (Å²) in [5.41, 5.74) is 6.39. The highest BCUT2D eigenvalue weighted by Gasteiger charge is 2.57. The van der Waals surface area contributed by atoms with Gasteiger partial charge < -0.3 is 10.6 Å². The Morgan fingerprint density at radius 3 is 2.30 bits per heavy atom. The predicted molar refractivity (Wildman–Crippen MR) is 148 cm³/mol. The van der Waals surface area contributed by atoms with E-state index in [4.69, 9.17) is 17.3 Å². The molecule has 0 spiro atoms. The fraction of sp³-hybridized carbons (Fsp3) is 0.138. The summed E-state index contributed by atoms with van der Waals surface area (Å²) in [5.74, 6) is -4.69. The number of thiophene rings is 1. The minimum absolute atomic E-state index is 0.0687. The van der Waals surface area contributed by atoms with Crippen LogP contribution in [0.25, 0.3) is 0 Å². The van der Waals surface area contributed by atoms with Crippen LogP contribution < -0.4 is 5.73 Å². The first-order valence-electron chi connectivity index (χ1n) is 12.1. The number of non-ortho nitro benzene ring substituents is 1. The van der Waals surface area contributed by atoms with Gasteiger partial charge in [0.25, 0.3) is 11.6 Å². The number of nitro groups is 1. The number of hydrogen-bond acceptors (Lipinski definition) is 6. The first-order chi connectivity index (χ1) is 19.2. The maximum Gasteiger partial charge on any atom is 0.269 e. The standard InChI is InChI=1S/C29H21ClFN3O5S/c30-19-11-9-16(10-12-19)23-24(27(35)22-8-3-13-40-22)25(17-4-2-7-21(15-17)34(38)39)33(26(23)28(32)36)29(37)18-5-1-6-20(31)14-18/h1-15,23-26H,(H2,32,36). The van der Waals surface area contributed by atoms with Gasteiger partial charge in [0.1, 0.15) is 11.9 Å². The fourth-order valence-corrected chi connectivity index (χ4v) is 6.24. The van der Waals surface area contributed by atoms with Gasteiger partial charge in [-0.1, -0.05) is 48.0 Å². The Morgan fingerprint density at radius 1 is 0.950 bits per heavy atom. The molecule has 1 saturated heterocycles. The Labute approximate surface area is 236 Å². The molecule has 2 heterocycles. The van der Waals surface area contributed by atoms with E-state index in [0.29, 0.717) is 15.5 Å². The van der Waals surface area contributed by atoms with Gasteiger partial charge in [-0.25, -0.2) is 4.39 Å². The lowest BCUT2D eigenvalue weighted by Gasteiger charge is -2.31. The van der Waals surface area contributed by atoms with Crippen molar-refractivity contribution in [2.75, 3.05) is 0 Å². The number of Topliss-reactive ketones (excluding diaryl/α,β-unsaturated/α-hetero) is 1. The van der Waals surface area contributed by atoms with Crippen molar-refractivity contribution in [3.05, 3.63) is 133 Å². The number of nitrogens with two attached hydrogens (primary N) is 1. The summed E-state index contributed by atoms with van der Waals surface area (Å²) in [6.07, 6.45) is 0. The molecule has 4 aromatic rings. The Morgan fingerprint density at radius 2 is 1.68 bits per heavy atom. The van der Waals surface area contributed by atoms with Gasteiger partial charge in [-0.15, -0.1) is 11.3 Å². The monoisotopic (exact) mass is 577 g/mol. The van der Waals surface area contributed by atoms with Crippen molar-refractivity contribution >= 4 is 46.2 Å². The third-order valence-corrected chi connectivity index (χ3v) is 8.14. The van der Waals surface area contributed by atoms with E-state index in [1.807, 2.05) is 0 Å². The Kier molecular flexibility index (Phi) is 7.46. The number of carbonyl (C=O) groups is 3. The van der Waals surface area contributed by atoms with E-state index < -0.39 is 46.5 Å². The molecule has 1 aliphatic heterocycles.